The van der Waals surface area contributed by atoms with Crippen LogP contribution in [0.4, 0.5) is 5.69 Å². The zero-order chi connectivity index (χ0) is 14.0. The van der Waals surface area contributed by atoms with Gasteiger partial charge < -0.3 is 10.2 Å². The van der Waals surface area contributed by atoms with Crippen molar-refractivity contribution in [2.45, 2.75) is 24.3 Å². The Hall–Kier alpha value is -1.11. The average Bonchev–Trinajstić information content (AvgIpc) is 2.25. The minimum atomic E-state index is -3.61. The van der Waals surface area contributed by atoms with Gasteiger partial charge in [0.15, 0.2) is 0 Å². The van der Waals surface area contributed by atoms with Gasteiger partial charge in [-0.05, 0) is 52.2 Å². The molecule has 0 aliphatic heterocycles. The third-order valence-corrected chi connectivity index (χ3v) is 4.05. The Morgan fingerprint density at radius 1 is 1.22 bits per heavy atom. The van der Waals surface area contributed by atoms with Crippen LogP contribution in [-0.4, -0.2) is 39.5 Å². The first-order valence-corrected chi connectivity index (χ1v) is 7.22. The van der Waals surface area contributed by atoms with E-state index in [1.807, 2.05) is 14.1 Å². The lowest BCUT2D eigenvalue weighted by molar-refractivity contribution is 0.210. The number of sulfonamides is 1. The van der Waals surface area contributed by atoms with Gasteiger partial charge in [-0.2, -0.15) is 0 Å². The van der Waals surface area contributed by atoms with Gasteiger partial charge in [0.1, 0.15) is 0 Å². The molecule has 0 aliphatic carbocycles. The summed E-state index contributed by atoms with van der Waals surface area (Å²) in [6, 6.07) is 6.43. The van der Waals surface area contributed by atoms with Crippen LogP contribution in [0.15, 0.2) is 29.2 Å². The molecule has 0 aromatic heterocycles. The first-order valence-electron chi connectivity index (χ1n) is 5.67. The summed E-state index contributed by atoms with van der Waals surface area (Å²) in [4.78, 5) is 2.25. The van der Waals surface area contributed by atoms with Crippen molar-refractivity contribution in [3.63, 3.8) is 0 Å². The lowest BCUT2D eigenvalue weighted by Crippen LogP contribution is -2.44. The molecule has 0 atom stereocenters. The molecular formula is C12H21N3O2S. The topological polar surface area (TPSA) is 75.4 Å². The third kappa shape index (κ3) is 3.97. The van der Waals surface area contributed by atoms with Crippen molar-refractivity contribution in [1.29, 1.82) is 0 Å². The normalized spacial score (nSPS) is 12.8. The molecule has 3 N–H and O–H groups in total. The molecule has 0 heterocycles. The Morgan fingerprint density at radius 3 is 2.11 bits per heavy atom. The van der Waals surface area contributed by atoms with E-state index in [0.717, 1.165) is 12.2 Å². The molecule has 0 aliphatic rings. The molecule has 1 aromatic carbocycles. The molecule has 102 valence electrons. The predicted molar refractivity (Wildman–Crippen MR) is 74.1 cm³/mol. The van der Waals surface area contributed by atoms with E-state index in [0.29, 0.717) is 0 Å². The number of nitrogens with one attached hydrogen (secondary N) is 1. The van der Waals surface area contributed by atoms with Crippen LogP contribution in [0.5, 0.6) is 0 Å². The Morgan fingerprint density at radius 2 is 1.72 bits per heavy atom. The summed E-state index contributed by atoms with van der Waals surface area (Å²) < 4.78 is 22.2. The molecule has 6 heteroatoms. The minimum absolute atomic E-state index is 0.0125. The molecule has 5 nitrogen and oxygen atoms in total. The second-order valence-electron chi connectivity index (χ2n) is 5.13. The summed E-state index contributed by atoms with van der Waals surface area (Å²) in [7, 11) is 0.427. The van der Waals surface area contributed by atoms with Gasteiger partial charge in [-0.15, -0.1) is 0 Å². The number of nitrogens with zero attached hydrogens (tertiary/aromatic N) is 1. The van der Waals surface area contributed by atoms with Crippen LogP contribution in [0.25, 0.3) is 0 Å². The van der Waals surface area contributed by atoms with E-state index in [-0.39, 0.29) is 10.4 Å². The Bertz CT molecular complexity index is 493. The maximum absolute atomic E-state index is 11.1. The molecule has 0 spiro atoms. The van der Waals surface area contributed by atoms with Gasteiger partial charge >= 0.3 is 0 Å². The van der Waals surface area contributed by atoms with E-state index >= 15 is 0 Å². The third-order valence-electron chi connectivity index (χ3n) is 3.12. The molecular weight excluding hydrogens is 250 g/mol. The number of nitrogens with two attached hydrogens (primary N) is 1. The molecule has 0 bridgehead atoms. The standard InChI is InChI=1S/C12H21N3O2S/c1-12(2,15(3)4)9-14-10-5-7-11(8-6-10)18(13,16)17/h5-8,14H,9H2,1-4H3,(H2,13,16,17). The summed E-state index contributed by atoms with van der Waals surface area (Å²) in [6.45, 7) is 5.01. The highest BCUT2D eigenvalue weighted by Crippen LogP contribution is 2.15. The Kier molecular flexibility index (Phi) is 4.37. The fourth-order valence-electron chi connectivity index (χ4n) is 1.24. The van der Waals surface area contributed by atoms with E-state index < -0.39 is 10.0 Å². The number of benzene rings is 1. The molecule has 18 heavy (non-hydrogen) atoms. The molecule has 0 saturated carbocycles. The number of anilines is 1. The number of primary sulfonamides is 1. The van der Waals surface area contributed by atoms with Crippen molar-refractivity contribution < 1.29 is 8.42 Å². The lowest BCUT2D eigenvalue weighted by Gasteiger charge is -2.33. The summed E-state index contributed by atoms with van der Waals surface area (Å²) >= 11 is 0. The van der Waals surface area contributed by atoms with Gasteiger partial charge in [-0.3, -0.25) is 0 Å². The summed E-state index contributed by atoms with van der Waals surface area (Å²) in [5, 5.41) is 8.30. The van der Waals surface area contributed by atoms with Crippen LogP contribution >= 0.6 is 0 Å². The number of hydrogen-bond acceptors (Lipinski definition) is 4. The molecule has 0 saturated heterocycles. The quantitative estimate of drug-likeness (QED) is 0.840. The van der Waals surface area contributed by atoms with Crippen molar-refractivity contribution in [1.82, 2.24) is 4.90 Å². The van der Waals surface area contributed by atoms with E-state index in [9.17, 15) is 8.42 Å². The van der Waals surface area contributed by atoms with Gasteiger partial charge in [0.25, 0.3) is 0 Å². The minimum Gasteiger partial charge on any atom is -0.383 e. The summed E-state index contributed by atoms with van der Waals surface area (Å²) in [5.74, 6) is 0. The first kappa shape index (κ1) is 14.9. The van der Waals surface area contributed by atoms with Crippen molar-refractivity contribution in [2.24, 2.45) is 5.14 Å². The van der Waals surface area contributed by atoms with Crippen LogP contribution in [-0.2, 0) is 10.0 Å². The van der Waals surface area contributed by atoms with Gasteiger partial charge in [0.05, 0.1) is 4.90 Å². The van der Waals surface area contributed by atoms with Gasteiger partial charge in [-0.1, -0.05) is 0 Å². The van der Waals surface area contributed by atoms with Crippen molar-refractivity contribution in [2.75, 3.05) is 26.0 Å². The van der Waals surface area contributed by atoms with Crippen molar-refractivity contribution >= 4 is 15.7 Å². The first-order chi connectivity index (χ1) is 8.13. The number of rotatable bonds is 5. The van der Waals surface area contributed by atoms with E-state index in [1.54, 1.807) is 12.1 Å². The van der Waals surface area contributed by atoms with Gasteiger partial charge in [0.2, 0.25) is 10.0 Å². The Labute approximate surface area is 109 Å². The van der Waals surface area contributed by atoms with E-state index in [4.69, 9.17) is 5.14 Å². The molecule has 1 rings (SSSR count). The predicted octanol–water partition coefficient (Wildman–Crippen LogP) is 1.09. The highest BCUT2D eigenvalue weighted by molar-refractivity contribution is 7.89. The largest absolute Gasteiger partial charge is 0.383 e. The molecule has 0 fully saturated rings. The molecule has 0 unspecified atom stereocenters. The lowest BCUT2D eigenvalue weighted by atomic mass is 10.0. The average molecular weight is 271 g/mol. The van der Waals surface area contributed by atoms with Crippen molar-refractivity contribution in [3.05, 3.63) is 24.3 Å². The molecule has 1 aromatic rings. The van der Waals surface area contributed by atoms with Crippen LogP contribution in [0.1, 0.15) is 13.8 Å². The van der Waals surface area contributed by atoms with Crippen LogP contribution in [0, 0.1) is 0 Å². The molecule has 0 amide bonds. The van der Waals surface area contributed by atoms with E-state index in [1.165, 1.54) is 12.1 Å². The Balaban J connectivity index is 2.71. The monoisotopic (exact) mass is 271 g/mol. The number of likely N-dealkylation sites (N-methyl/N-ethyl adjacent to an activating group) is 1. The fraction of sp³-hybridized carbons (Fsp3) is 0.500. The second-order valence-corrected chi connectivity index (χ2v) is 6.69. The number of hydrogen-bond donors (Lipinski definition) is 2. The highest BCUT2D eigenvalue weighted by atomic mass is 32.2. The van der Waals surface area contributed by atoms with Crippen LogP contribution in [0.3, 0.4) is 0 Å². The van der Waals surface area contributed by atoms with Gasteiger partial charge in [-0.25, -0.2) is 13.6 Å². The second kappa shape index (κ2) is 5.26. The maximum Gasteiger partial charge on any atom is 0.238 e. The van der Waals surface area contributed by atoms with E-state index in [2.05, 4.69) is 24.1 Å². The SMILES string of the molecule is CN(C)C(C)(C)CNc1ccc(S(N)(=O)=O)cc1. The van der Waals surface area contributed by atoms with Gasteiger partial charge in [0, 0.05) is 17.8 Å². The summed E-state index contributed by atoms with van der Waals surface area (Å²) in [6.07, 6.45) is 0. The van der Waals surface area contributed by atoms with Crippen LogP contribution < -0.4 is 10.5 Å². The zero-order valence-electron chi connectivity index (χ0n) is 11.3. The fourth-order valence-corrected chi connectivity index (χ4v) is 1.75. The van der Waals surface area contributed by atoms with Crippen LogP contribution in [0.2, 0.25) is 0 Å². The van der Waals surface area contributed by atoms with Crippen molar-refractivity contribution in [3.8, 4) is 0 Å². The maximum atomic E-state index is 11.1. The smallest absolute Gasteiger partial charge is 0.238 e. The molecule has 0 radical (unpaired) electrons. The highest BCUT2D eigenvalue weighted by Gasteiger charge is 2.19. The summed E-state index contributed by atoms with van der Waals surface area (Å²) in [5.41, 5.74) is 0.885. The zero-order valence-corrected chi connectivity index (χ0v) is 12.1.